The molecule has 6 nitrogen and oxygen atoms in total. The molecular weight excluding hydrogens is 310 g/mol. The van der Waals surface area contributed by atoms with Crippen LogP contribution in [-0.2, 0) is 6.42 Å². The molecule has 0 N–H and O–H groups in total. The number of hydrogen-bond acceptors (Lipinski definition) is 5. The minimum absolute atomic E-state index is 0.00561. The number of carbonyl (C=O) groups excluding carboxylic acids is 1. The molecule has 2 aromatic rings. The van der Waals surface area contributed by atoms with Gasteiger partial charge in [0.2, 0.25) is 0 Å². The van der Waals surface area contributed by atoms with Gasteiger partial charge in [0.25, 0.3) is 5.69 Å². The summed E-state index contributed by atoms with van der Waals surface area (Å²) in [6.45, 7) is 0. The number of ketones is 1. The summed E-state index contributed by atoms with van der Waals surface area (Å²) in [5.74, 6) is 0.842. The van der Waals surface area contributed by atoms with E-state index in [1.54, 1.807) is 25.3 Å². The third-order valence-electron chi connectivity index (χ3n) is 4.40. The highest BCUT2D eigenvalue weighted by Gasteiger charge is 2.30. The summed E-state index contributed by atoms with van der Waals surface area (Å²) < 4.78 is 10.6. The van der Waals surface area contributed by atoms with Crippen LogP contribution in [0.3, 0.4) is 0 Å². The van der Waals surface area contributed by atoms with Gasteiger partial charge in [-0.1, -0.05) is 12.1 Å². The van der Waals surface area contributed by atoms with Crippen molar-refractivity contribution in [3.05, 3.63) is 63.2 Å². The minimum Gasteiger partial charge on any atom is -0.493 e. The summed E-state index contributed by atoms with van der Waals surface area (Å²) in [7, 11) is 3.10. The van der Waals surface area contributed by atoms with Crippen molar-refractivity contribution in [3.63, 3.8) is 0 Å². The summed E-state index contributed by atoms with van der Waals surface area (Å²) in [6, 6.07) is 9.75. The number of nitro groups is 1. The molecule has 0 aromatic heterocycles. The smallest absolute Gasteiger partial charge is 0.269 e. The van der Waals surface area contributed by atoms with Gasteiger partial charge < -0.3 is 9.47 Å². The van der Waals surface area contributed by atoms with Gasteiger partial charge >= 0.3 is 0 Å². The molecule has 1 aliphatic carbocycles. The molecule has 124 valence electrons. The second-order valence-electron chi connectivity index (χ2n) is 5.67. The Hall–Kier alpha value is -2.89. The molecule has 0 spiro atoms. The zero-order chi connectivity index (χ0) is 17.3. The van der Waals surface area contributed by atoms with Crippen molar-refractivity contribution in [1.82, 2.24) is 0 Å². The number of rotatable bonds is 4. The van der Waals surface area contributed by atoms with Gasteiger partial charge in [0.15, 0.2) is 17.3 Å². The second kappa shape index (κ2) is 6.31. The van der Waals surface area contributed by atoms with E-state index < -0.39 is 4.92 Å². The molecule has 1 atom stereocenters. The number of ether oxygens (including phenoxy) is 2. The molecule has 24 heavy (non-hydrogen) atoms. The quantitative estimate of drug-likeness (QED) is 0.634. The number of hydrogen-bond donors (Lipinski definition) is 0. The molecular formula is C18H17NO5. The molecule has 0 amide bonds. The summed E-state index contributed by atoms with van der Waals surface area (Å²) in [6.07, 6.45) is 1.40. The minimum atomic E-state index is -0.446. The fourth-order valence-corrected chi connectivity index (χ4v) is 3.12. The van der Waals surface area contributed by atoms with E-state index in [0.717, 1.165) is 17.5 Å². The van der Waals surface area contributed by atoms with Gasteiger partial charge in [-0.25, -0.2) is 0 Å². The van der Waals surface area contributed by atoms with Crippen molar-refractivity contribution in [2.45, 2.75) is 18.8 Å². The van der Waals surface area contributed by atoms with Crippen LogP contribution in [0.5, 0.6) is 11.5 Å². The average Bonchev–Trinajstić information content (AvgIpc) is 2.61. The third-order valence-corrected chi connectivity index (χ3v) is 4.40. The van der Waals surface area contributed by atoms with Gasteiger partial charge in [0, 0.05) is 23.6 Å². The van der Waals surface area contributed by atoms with Crippen LogP contribution in [-0.4, -0.2) is 24.9 Å². The van der Waals surface area contributed by atoms with Crippen LogP contribution in [0.15, 0.2) is 36.4 Å². The molecule has 1 unspecified atom stereocenters. The number of nitrogens with zero attached hydrogens (tertiary/aromatic N) is 1. The van der Waals surface area contributed by atoms with Crippen molar-refractivity contribution in [2.24, 2.45) is 0 Å². The Morgan fingerprint density at radius 3 is 2.29 bits per heavy atom. The standard InChI is InChI=1S/C18H17NO5/c1-23-16-9-12-5-8-14(18(20)15(12)10-17(16)24-2)11-3-6-13(7-4-11)19(21)22/h3-4,6-7,9-10,14H,5,8H2,1-2H3. The Bertz CT molecular complexity index is 798. The lowest BCUT2D eigenvalue weighted by molar-refractivity contribution is -0.384. The lowest BCUT2D eigenvalue weighted by Gasteiger charge is -2.25. The van der Waals surface area contributed by atoms with Crippen molar-refractivity contribution in [2.75, 3.05) is 14.2 Å². The Morgan fingerprint density at radius 1 is 1.08 bits per heavy atom. The summed E-state index contributed by atoms with van der Waals surface area (Å²) in [5, 5.41) is 10.8. The van der Waals surface area contributed by atoms with Crippen molar-refractivity contribution in [3.8, 4) is 11.5 Å². The molecule has 1 aliphatic rings. The number of benzene rings is 2. The molecule has 0 fully saturated rings. The maximum atomic E-state index is 12.9. The van der Waals surface area contributed by atoms with E-state index in [0.29, 0.717) is 23.5 Å². The molecule has 0 saturated carbocycles. The molecule has 0 saturated heterocycles. The number of nitro benzene ring substituents is 1. The lowest BCUT2D eigenvalue weighted by atomic mass is 9.79. The zero-order valence-electron chi connectivity index (χ0n) is 13.4. The lowest BCUT2D eigenvalue weighted by Crippen LogP contribution is -2.21. The van der Waals surface area contributed by atoms with Crippen LogP contribution in [0.1, 0.15) is 33.8 Å². The van der Waals surface area contributed by atoms with E-state index in [1.165, 1.54) is 19.2 Å². The summed E-state index contributed by atoms with van der Waals surface area (Å²) in [5.41, 5.74) is 2.39. The van der Waals surface area contributed by atoms with E-state index in [9.17, 15) is 14.9 Å². The number of Topliss-reactive ketones (excluding diaryl/α,β-unsaturated/α-hetero) is 1. The van der Waals surface area contributed by atoms with E-state index in [2.05, 4.69) is 0 Å². The second-order valence-corrected chi connectivity index (χ2v) is 5.67. The van der Waals surface area contributed by atoms with Crippen LogP contribution >= 0.6 is 0 Å². The van der Waals surface area contributed by atoms with Crippen molar-refractivity contribution >= 4 is 11.5 Å². The van der Waals surface area contributed by atoms with E-state index in [-0.39, 0.29) is 17.4 Å². The first-order valence-electron chi connectivity index (χ1n) is 7.58. The maximum absolute atomic E-state index is 12.9. The Labute approximate surface area is 139 Å². The third kappa shape index (κ3) is 2.71. The van der Waals surface area contributed by atoms with Gasteiger partial charge in [0.1, 0.15) is 0 Å². The maximum Gasteiger partial charge on any atom is 0.269 e. The monoisotopic (exact) mass is 327 g/mol. The highest BCUT2D eigenvalue weighted by atomic mass is 16.6. The summed E-state index contributed by atoms with van der Waals surface area (Å²) >= 11 is 0. The van der Waals surface area contributed by atoms with Crippen molar-refractivity contribution in [1.29, 1.82) is 0 Å². The number of methoxy groups -OCH3 is 2. The highest BCUT2D eigenvalue weighted by molar-refractivity contribution is 6.03. The molecule has 2 aromatic carbocycles. The Morgan fingerprint density at radius 2 is 1.71 bits per heavy atom. The topological polar surface area (TPSA) is 78.7 Å². The fourth-order valence-electron chi connectivity index (χ4n) is 3.12. The molecule has 0 aliphatic heterocycles. The Kier molecular flexibility index (Phi) is 4.20. The van der Waals surface area contributed by atoms with Crippen LogP contribution < -0.4 is 9.47 Å². The van der Waals surface area contributed by atoms with Gasteiger partial charge in [-0.2, -0.15) is 0 Å². The molecule has 0 heterocycles. The molecule has 6 heteroatoms. The van der Waals surface area contributed by atoms with Gasteiger partial charge in [-0.05, 0) is 36.1 Å². The van der Waals surface area contributed by atoms with Crippen LogP contribution in [0, 0.1) is 10.1 Å². The first-order chi connectivity index (χ1) is 11.5. The predicted octanol–water partition coefficient (Wildman–Crippen LogP) is 3.52. The SMILES string of the molecule is COc1cc2c(cc1OC)C(=O)C(c1ccc([N+](=O)[O-])cc1)CC2. The summed E-state index contributed by atoms with van der Waals surface area (Å²) in [4.78, 5) is 23.2. The first kappa shape index (κ1) is 16.0. The fraction of sp³-hybridized carbons (Fsp3) is 0.278. The molecule has 3 rings (SSSR count). The number of aryl methyl sites for hydroxylation is 1. The van der Waals surface area contributed by atoms with Gasteiger partial charge in [-0.15, -0.1) is 0 Å². The first-order valence-corrected chi connectivity index (χ1v) is 7.58. The number of carbonyl (C=O) groups is 1. The average molecular weight is 327 g/mol. The van der Waals surface area contributed by atoms with Crippen LogP contribution in [0.2, 0.25) is 0 Å². The van der Waals surface area contributed by atoms with Crippen LogP contribution in [0.4, 0.5) is 5.69 Å². The largest absolute Gasteiger partial charge is 0.493 e. The van der Waals surface area contributed by atoms with Gasteiger partial charge in [0.05, 0.1) is 19.1 Å². The normalized spacial score (nSPS) is 16.4. The van der Waals surface area contributed by atoms with E-state index >= 15 is 0 Å². The van der Waals surface area contributed by atoms with E-state index in [1.807, 2.05) is 6.07 Å². The molecule has 0 radical (unpaired) electrons. The van der Waals surface area contributed by atoms with Crippen LogP contribution in [0.25, 0.3) is 0 Å². The number of non-ortho nitro benzene ring substituents is 1. The number of fused-ring (bicyclic) bond motifs is 1. The Balaban J connectivity index is 1.95. The highest BCUT2D eigenvalue weighted by Crippen LogP contribution is 2.38. The zero-order valence-corrected chi connectivity index (χ0v) is 13.4. The van der Waals surface area contributed by atoms with Crippen molar-refractivity contribution < 1.29 is 19.2 Å². The molecule has 0 bridgehead atoms. The van der Waals surface area contributed by atoms with Gasteiger partial charge in [-0.3, -0.25) is 14.9 Å². The van der Waals surface area contributed by atoms with E-state index in [4.69, 9.17) is 9.47 Å². The predicted molar refractivity (Wildman–Crippen MR) is 88.0 cm³/mol.